The molecular formula is C12H8ClN3O2S. The molecule has 0 bridgehead atoms. The lowest BCUT2D eigenvalue weighted by atomic mass is 10.2. The number of ether oxygens (including phenoxy) is 1. The van der Waals surface area contributed by atoms with Crippen molar-refractivity contribution < 1.29 is 9.53 Å². The molecule has 0 aliphatic heterocycles. The number of fused-ring (bicyclic) bond motifs is 1. The Balaban J connectivity index is 2.22. The zero-order chi connectivity index (χ0) is 13.4. The van der Waals surface area contributed by atoms with Gasteiger partial charge in [-0.15, -0.1) is 21.5 Å². The van der Waals surface area contributed by atoms with Gasteiger partial charge in [-0.2, -0.15) is 0 Å². The number of aromatic nitrogens is 3. The summed E-state index contributed by atoms with van der Waals surface area (Å²) in [6, 6.07) is 7.07. The van der Waals surface area contributed by atoms with E-state index < -0.39 is 5.97 Å². The Morgan fingerprint density at radius 1 is 1.37 bits per heavy atom. The molecule has 0 N–H and O–H groups in total. The average molecular weight is 294 g/mol. The third kappa shape index (κ3) is 1.98. The standard InChI is InChI=1S/C12H8ClN3O2S/c1-18-12(17)7-3-2-6-16-10(7)14-15-11(16)8-4-5-9(13)19-8/h2-6H,1H3. The van der Waals surface area contributed by atoms with E-state index in [-0.39, 0.29) is 0 Å². The monoisotopic (exact) mass is 293 g/mol. The zero-order valence-electron chi connectivity index (χ0n) is 9.83. The van der Waals surface area contributed by atoms with Gasteiger partial charge in [0.05, 0.1) is 16.3 Å². The molecule has 0 amide bonds. The highest BCUT2D eigenvalue weighted by atomic mass is 35.5. The zero-order valence-corrected chi connectivity index (χ0v) is 11.4. The third-order valence-corrected chi connectivity index (χ3v) is 3.86. The molecule has 0 saturated heterocycles. The van der Waals surface area contributed by atoms with Gasteiger partial charge in [0, 0.05) is 6.20 Å². The molecule has 19 heavy (non-hydrogen) atoms. The predicted octanol–water partition coefficient (Wildman–Crippen LogP) is 2.90. The Labute approximate surface area is 117 Å². The number of hydrogen-bond acceptors (Lipinski definition) is 5. The van der Waals surface area contributed by atoms with E-state index in [0.717, 1.165) is 4.88 Å². The first-order valence-electron chi connectivity index (χ1n) is 5.38. The summed E-state index contributed by atoms with van der Waals surface area (Å²) in [5, 5.41) is 8.16. The number of methoxy groups -OCH3 is 1. The fourth-order valence-corrected chi connectivity index (χ4v) is 2.81. The van der Waals surface area contributed by atoms with Crippen molar-refractivity contribution >= 4 is 34.6 Å². The Hall–Kier alpha value is -1.92. The fraction of sp³-hybridized carbons (Fsp3) is 0.0833. The van der Waals surface area contributed by atoms with Crippen LogP contribution in [0.2, 0.25) is 4.34 Å². The molecule has 0 fully saturated rings. The Kier molecular flexibility index (Phi) is 2.96. The van der Waals surface area contributed by atoms with Crippen LogP contribution in [0, 0.1) is 0 Å². The average Bonchev–Trinajstić information content (AvgIpc) is 3.03. The van der Waals surface area contributed by atoms with Crippen molar-refractivity contribution in [3.63, 3.8) is 0 Å². The largest absolute Gasteiger partial charge is 0.465 e. The number of thiophene rings is 1. The van der Waals surface area contributed by atoms with E-state index >= 15 is 0 Å². The van der Waals surface area contributed by atoms with Crippen molar-refractivity contribution in [1.29, 1.82) is 0 Å². The van der Waals surface area contributed by atoms with Crippen LogP contribution in [0.3, 0.4) is 0 Å². The van der Waals surface area contributed by atoms with Gasteiger partial charge >= 0.3 is 5.97 Å². The van der Waals surface area contributed by atoms with Gasteiger partial charge in [-0.3, -0.25) is 4.40 Å². The fourth-order valence-electron chi connectivity index (χ4n) is 1.79. The van der Waals surface area contributed by atoms with Gasteiger partial charge in [-0.1, -0.05) is 11.6 Å². The lowest BCUT2D eigenvalue weighted by molar-refractivity contribution is 0.0602. The van der Waals surface area contributed by atoms with E-state index in [1.54, 1.807) is 28.8 Å². The maximum atomic E-state index is 11.7. The minimum Gasteiger partial charge on any atom is -0.465 e. The summed E-state index contributed by atoms with van der Waals surface area (Å²) in [5.74, 6) is 0.214. The van der Waals surface area contributed by atoms with Crippen molar-refractivity contribution in [2.45, 2.75) is 0 Å². The number of esters is 1. The maximum Gasteiger partial charge on any atom is 0.341 e. The molecule has 3 aromatic rings. The number of pyridine rings is 1. The van der Waals surface area contributed by atoms with E-state index in [9.17, 15) is 4.79 Å². The molecule has 0 aliphatic rings. The molecule has 0 atom stereocenters. The summed E-state index contributed by atoms with van der Waals surface area (Å²) in [4.78, 5) is 12.5. The van der Waals surface area contributed by atoms with Crippen LogP contribution in [0.25, 0.3) is 16.3 Å². The molecule has 96 valence electrons. The lowest BCUT2D eigenvalue weighted by Gasteiger charge is -2.01. The van der Waals surface area contributed by atoms with Crippen molar-refractivity contribution in [3.8, 4) is 10.7 Å². The van der Waals surface area contributed by atoms with Gasteiger partial charge < -0.3 is 4.74 Å². The second kappa shape index (κ2) is 4.64. The van der Waals surface area contributed by atoms with E-state index in [2.05, 4.69) is 10.2 Å². The van der Waals surface area contributed by atoms with Crippen LogP contribution in [0.1, 0.15) is 10.4 Å². The first-order valence-corrected chi connectivity index (χ1v) is 6.58. The van der Waals surface area contributed by atoms with Crippen LogP contribution in [-0.4, -0.2) is 27.7 Å². The second-order valence-electron chi connectivity index (χ2n) is 3.73. The smallest absolute Gasteiger partial charge is 0.341 e. The number of carbonyl (C=O) groups excluding carboxylic acids is 1. The molecule has 3 heterocycles. The Morgan fingerprint density at radius 2 is 2.21 bits per heavy atom. The molecule has 0 saturated carbocycles. The second-order valence-corrected chi connectivity index (χ2v) is 5.45. The van der Waals surface area contributed by atoms with Crippen LogP contribution in [0.5, 0.6) is 0 Å². The maximum absolute atomic E-state index is 11.7. The van der Waals surface area contributed by atoms with Gasteiger partial charge in [0.15, 0.2) is 11.5 Å². The SMILES string of the molecule is COC(=O)c1cccn2c(-c3ccc(Cl)s3)nnc12. The van der Waals surface area contributed by atoms with Crippen LogP contribution in [0.15, 0.2) is 30.5 Å². The Morgan fingerprint density at radius 3 is 2.89 bits per heavy atom. The molecular weight excluding hydrogens is 286 g/mol. The molecule has 0 unspecified atom stereocenters. The molecule has 3 rings (SSSR count). The van der Waals surface area contributed by atoms with Crippen LogP contribution < -0.4 is 0 Å². The molecule has 5 nitrogen and oxygen atoms in total. The van der Waals surface area contributed by atoms with E-state index in [1.807, 2.05) is 6.07 Å². The van der Waals surface area contributed by atoms with Gasteiger partial charge in [0.2, 0.25) is 0 Å². The third-order valence-electron chi connectivity index (χ3n) is 2.63. The van der Waals surface area contributed by atoms with Gasteiger partial charge in [0.25, 0.3) is 0 Å². The van der Waals surface area contributed by atoms with Crippen LogP contribution in [0.4, 0.5) is 0 Å². The molecule has 0 radical (unpaired) electrons. The van der Waals surface area contributed by atoms with Crippen molar-refractivity contribution in [1.82, 2.24) is 14.6 Å². The van der Waals surface area contributed by atoms with Crippen LogP contribution >= 0.6 is 22.9 Å². The van der Waals surface area contributed by atoms with Gasteiger partial charge in [-0.25, -0.2) is 4.79 Å². The lowest BCUT2D eigenvalue weighted by Crippen LogP contribution is -2.04. The quantitative estimate of drug-likeness (QED) is 0.682. The van der Waals surface area contributed by atoms with Gasteiger partial charge in [0.1, 0.15) is 5.56 Å². The summed E-state index contributed by atoms with van der Waals surface area (Å²) < 4.78 is 7.15. The number of halogens is 1. The highest BCUT2D eigenvalue weighted by Crippen LogP contribution is 2.30. The number of rotatable bonds is 2. The topological polar surface area (TPSA) is 56.5 Å². The van der Waals surface area contributed by atoms with E-state index in [4.69, 9.17) is 16.3 Å². The molecule has 7 heteroatoms. The van der Waals surface area contributed by atoms with Crippen molar-refractivity contribution in [2.24, 2.45) is 0 Å². The molecule has 0 aromatic carbocycles. The molecule has 3 aromatic heterocycles. The normalized spacial score (nSPS) is 10.8. The Bertz CT molecular complexity index is 765. The number of carbonyl (C=O) groups is 1. The number of nitrogens with zero attached hydrogens (tertiary/aromatic N) is 3. The van der Waals surface area contributed by atoms with Crippen LogP contribution in [-0.2, 0) is 4.74 Å². The minimum atomic E-state index is -0.436. The van der Waals surface area contributed by atoms with Crippen molar-refractivity contribution in [3.05, 3.63) is 40.4 Å². The van der Waals surface area contributed by atoms with Gasteiger partial charge in [-0.05, 0) is 24.3 Å². The summed E-state index contributed by atoms with van der Waals surface area (Å²) >= 11 is 7.33. The number of hydrogen-bond donors (Lipinski definition) is 0. The van der Waals surface area contributed by atoms with E-state index in [0.29, 0.717) is 21.4 Å². The first kappa shape index (κ1) is 12.1. The summed E-state index contributed by atoms with van der Waals surface area (Å²) in [7, 11) is 1.34. The predicted molar refractivity (Wildman–Crippen MR) is 72.6 cm³/mol. The summed E-state index contributed by atoms with van der Waals surface area (Å²) in [5.41, 5.74) is 0.847. The van der Waals surface area contributed by atoms with E-state index in [1.165, 1.54) is 18.4 Å². The van der Waals surface area contributed by atoms with Crippen molar-refractivity contribution in [2.75, 3.05) is 7.11 Å². The summed E-state index contributed by atoms with van der Waals surface area (Å²) in [6.45, 7) is 0. The summed E-state index contributed by atoms with van der Waals surface area (Å²) in [6.07, 6.45) is 1.80. The highest BCUT2D eigenvalue weighted by Gasteiger charge is 2.16. The molecule has 0 aliphatic carbocycles. The highest BCUT2D eigenvalue weighted by molar-refractivity contribution is 7.19. The minimum absolute atomic E-state index is 0.381. The first-order chi connectivity index (χ1) is 9.20. The molecule has 0 spiro atoms.